The van der Waals surface area contributed by atoms with E-state index in [0.717, 1.165) is 22.0 Å². The number of fused-ring (bicyclic) bond motifs is 2. The summed E-state index contributed by atoms with van der Waals surface area (Å²) < 4.78 is 2.97. The number of piperidine rings is 1. The van der Waals surface area contributed by atoms with Gasteiger partial charge in [-0.05, 0) is 66.4 Å². The molecule has 5 aromatic rings. The number of aliphatic hydroxyl groups is 1. The summed E-state index contributed by atoms with van der Waals surface area (Å²) in [5.74, 6) is -0.0604. The molecule has 0 atom stereocenters. The van der Waals surface area contributed by atoms with Gasteiger partial charge in [-0.15, -0.1) is 0 Å². The number of benzene rings is 2. The van der Waals surface area contributed by atoms with Crippen molar-refractivity contribution in [2.45, 2.75) is 25.0 Å². The highest BCUT2D eigenvalue weighted by molar-refractivity contribution is 5.96. The largest absolute Gasteiger partial charge is 0.388 e. The van der Waals surface area contributed by atoms with Gasteiger partial charge in [0.15, 0.2) is 0 Å². The summed E-state index contributed by atoms with van der Waals surface area (Å²) in [6.45, 7) is 0.975. The van der Waals surface area contributed by atoms with Gasteiger partial charge in [-0.1, -0.05) is 24.3 Å². The van der Waals surface area contributed by atoms with E-state index in [0.29, 0.717) is 37.0 Å². The maximum absolute atomic E-state index is 13.3. The fourth-order valence-electron chi connectivity index (χ4n) is 4.94. The number of aromatic nitrogens is 4. The highest BCUT2D eigenvalue weighted by Gasteiger charge is 2.35. The maximum atomic E-state index is 13.3. The van der Waals surface area contributed by atoms with Crippen LogP contribution in [0.2, 0.25) is 0 Å². The number of nitrogens with zero attached hydrogens (tertiary/aromatic N) is 5. The van der Waals surface area contributed by atoms with Crippen LogP contribution in [-0.4, -0.2) is 53.8 Å². The molecule has 1 aliphatic rings. The molecule has 0 radical (unpaired) electrons. The number of amides is 1. The van der Waals surface area contributed by atoms with Crippen LogP contribution in [-0.2, 0) is 6.54 Å². The average molecular weight is 480 g/mol. The number of carbonyl (C=O) groups is 1. The van der Waals surface area contributed by atoms with Crippen molar-refractivity contribution in [3.8, 4) is 11.1 Å². The van der Waals surface area contributed by atoms with Crippen LogP contribution in [0.1, 0.15) is 23.2 Å². The van der Waals surface area contributed by atoms with Crippen LogP contribution in [0, 0.1) is 0 Å². The summed E-state index contributed by atoms with van der Waals surface area (Å²) >= 11 is 0. The lowest BCUT2D eigenvalue weighted by Crippen LogP contribution is -2.49. The zero-order chi connectivity index (χ0) is 24.7. The van der Waals surface area contributed by atoms with Gasteiger partial charge in [-0.25, -0.2) is 4.52 Å². The van der Waals surface area contributed by atoms with Gasteiger partial charge < -0.3 is 10.0 Å². The van der Waals surface area contributed by atoms with Crippen molar-refractivity contribution in [2.75, 3.05) is 13.1 Å². The highest BCUT2D eigenvalue weighted by atomic mass is 16.3. The van der Waals surface area contributed by atoms with E-state index in [4.69, 9.17) is 0 Å². The van der Waals surface area contributed by atoms with E-state index in [-0.39, 0.29) is 18.0 Å². The Morgan fingerprint density at radius 2 is 1.81 bits per heavy atom. The van der Waals surface area contributed by atoms with E-state index in [1.54, 1.807) is 29.4 Å². The second-order valence-electron chi connectivity index (χ2n) is 9.41. The van der Waals surface area contributed by atoms with E-state index in [1.807, 2.05) is 48.5 Å². The van der Waals surface area contributed by atoms with Crippen molar-refractivity contribution in [1.82, 2.24) is 24.1 Å². The quantitative estimate of drug-likeness (QED) is 0.427. The molecule has 0 unspecified atom stereocenters. The summed E-state index contributed by atoms with van der Waals surface area (Å²) in [7, 11) is 0. The number of pyridine rings is 1. The van der Waals surface area contributed by atoms with Crippen molar-refractivity contribution >= 4 is 22.3 Å². The molecule has 0 spiro atoms. The maximum Gasteiger partial charge on any atom is 0.277 e. The topological polar surface area (TPSA) is 92.7 Å². The molecule has 0 bridgehead atoms. The molecule has 4 heterocycles. The predicted octanol–water partition coefficient (Wildman–Crippen LogP) is 3.38. The van der Waals surface area contributed by atoms with Crippen LogP contribution >= 0.6 is 0 Å². The summed E-state index contributed by atoms with van der Waals surface area (Å²) in [5.41, 5.74) is 2.74. The molecule has 8 nitrogen and oxygen atoms in total. The van der Waals surface area contributed by atoms with Crippen LogP contribution in [0.4, 0.5) is 0 Å². The molecule has 1 fully saturated rings. The van der Waals surface area contributed by atoms with Crippen molar-refractivity contribution < 1.29 is 9.90 Å². The molecule has 1 saturated heterocycles. The Kier molecular flexibility index (Phi) is 5.38. The molecule has 36 heavy (non-hydrogen) atoms. The van der Waals surface area contributed by atoms with E-state index in [1.165, 1.54) is 15.4 Å². The zero-order valence-corrected chi connectivity index (χ0v) is 19.6. The molecular weight excluding hydrogens is 454 g/mol. The van der Waals surface area contributed by atoms with Crippen molar-refractivity contribution in [2.24, 2.45) is 0 Å². The number of likely N-dealkylation sites (tertiary alicyclic amines) is 1. The van der Waals surface area contributed by atoms with Gasteiger partial charge in [-0.2, -0.15) is 5.10 Å². The standard InChI is InChI=1S/C28H25N5O3/c34-26(23-5-1-4-20(17-23)21-8-9-24-22(16-21)6-2-12-29-24)31-14-10-28(36,11-15-31)18-32-19-30-33-13-3-7-25(33)27(32)35/h1-9,12-13,16-17,19,36H,10-11,14-15,18H2. The fraction of sp³-hybridized carbons (Fsp3) is 0.214. The molecule has 3 aromatic heterocycles. The molecule has 1 amide bonds. The molecule has 2 aromatic carbocycles. The number of hydrogen-bond acceptors (Lipinski definition) is 5. The summed E-state index contributed by atoms with van der Waals surface area (Å²) in [5, 5.41) is 16.5. The van der Waals surface area contributed by atoms with E-state index >= 15 is 0 Å². The minimum atomic E-state index is -1.08. The van der Waals surface area contributed by atoms with Crippen LogP contribution in [0.5, 0.6) is 0 Å². The molecule has 180 valence electrons. The van der Waals surface area contributed by atoms with Gasteiger partial charge in [0.05, 0.1) is 17.7 Å². The van der Waals surface area contributed by atoms with Crippen molar-refractivity contribution in [1.29, 1.82) is 0 Å². The van der Waals surface area contributed by atoms with Crippen molar-refractivity contribution in [3.05, 3.63) is 101 Å². The molecule has 1 N–H and O–H groups in total. The van der Waals surface area contributed by atoms with Crippen LogP contribution in [0.25, 0.3) is 27.5 Å². The first-order chi connectivity index (χ1) is 17.5. The first kappa shape index (κ1) is 22.2. The van der Waals surface area contributed by atoms with Gasteiger partial charge in [0.25, 0.3) is 11.5 Å². The molecule has 6 rings (SSSR count). The molecule has 1 aliphatic heterocycles. The first-order valence-corrected chi connectivity index (χ1v) is 12.0. The Labute approximate surface area is 207 Å². The lowest BCUT2D eigenvalue weighted by atomic mass is 9.90. The number of carbonyl (C=O) groups excluding carboxylic acids is 1. The minimum absolute atomic E-state index is 0.0604. The van der Waals surface area contributed by atoms with Gasteiger partial charge >= 0.3 is 0 Å². The molecule has 8 heteroatoms. The third kappa shape index (κ3) is 4.05. The number of rotatable bonds is 4. The smallest absolute Gasteiger partial charge is 0.277 e. The fourth-order valence-corrected chi connectivity index (χ4v) is 4.94. The third-order valence-electron chi connectivity index (χ3n) is 7.02. The van der Waals surface area contributed by atoms with Gasteiger partial charge in [0.1, 0.15) is 11.8 Å². The van der Waals surface area contributed by atoms with Crippen LogP contribution < -0.4 is 5.56 Å². The monoisotopic (exact) mass is 479 g/mol. The van der Waals surface area contributed by atoms with E-state index in [2.05, 4.69) is 16.1 Å². The van der Waals surface area contributed by atoms with Crippen LogP contribution in [0.15, 0.2) is 90.2 Å². The Morgan fingerprint density at radius 3 is 2.67 bits per heavy atom. The summed E-state index contributed by atoms with van der Waals surface area (Å²) in [4.78, 5) is 32.2. The lowest BCUT2D eigenvalue weighted by molar-refractivity contribution is -0.0300. The molecule has 0 aliphatic carbocycles. The van der Waals surface area contributed by atoms with E-state index in [9.17, 15) is 14.7 Å². The Hall–Kier alpha value is -4.30. The Balaban J connectivity index is 1.17. The van der Waals surface area contributed by atoms with Gasteiger partial charge in [0.2, 0.25) is 0 Å². The molecular formula is C28H25N5O3. The number of hydrogen-bond donors (Lipinski definition) is 1. The molecule has 0 saturated carbocycles. The second-order valence-corrected chi connectivity index (χ2v) is 9.41. The van der Waals surface area contributed by atoms with Crippen molar-refractivity contribution in [3.63, 3.8) is 0 Å². The average Bonchev–Trinajstić information content (AvgIpc) is 3.40. The minimum Gasteiger partial charge on any atom is -0.388 e. The SMILES string of the molecule is O=C(c1cccc(-c2ccc3ncccc3c2)c1)N1CCC(O)(Cn2cnn3cccc3c2=O)CC1. The summed E-state index contributed by atoms with van der Waals surface area (Å²) in [6.07, 6.45) is 5.71. The summed E-state index contributed by atoms with van der Waals surface area (Å²) in [6, 6.07) is 21.1. The Bertz CT molecular complexity index is 1650. The first-order valence-electron chi connectivity index (χ1n) is 12.0. The second kappa shape index (κ2) is 8.73. The predicted molar refractivity (Wildman–Crippen MR) is 137 cm³/mol. The van der Waals surface area contributed by atoms with E-state index < -0.39 is 5.60 Å². The van der Waals surface area contributed by atoms with Gasteiger partial charge in [-0.3, -0.25) is 19.1 Å². The van der Waals surface area contributed by atoms with Crippen LogP contribution in [0.3, 0.4) is 0 Å². The normalized spacial score (nSPS) is 15.4. The highest BCUT2D eigenvalue weighted by Crippen LogP contribution is 2.27. The zero-order valence-electron chi connectivity index (χ0n) is 19.6. The van der Waals surface area contributed by atoms with Gasteiger partial charge in [0, 0.05) is 36.4 Å². The Morgan fingerprint density at radius 1 is 0.972 bits per heavy atom. The lowest BCUT2D eigenvalue weighted by Gasteiger charge is -2.38. The third-order valence-corrected chi connectivity index (χ3v) is 7.02.